The molecule has 0 amide bonds. The standard InChI is InChI=1S/C29H46O6/c1-18(5-11-26(32)34-4)22-8-9-23-21-7-6-19-17-20(35-27(33)12-10-25(30)31)13-15-28(19,2)24(21)14-16-29(22,23)3/h18-24H,5-17H2,1-4H3,(H,30,31)/t18-,19+,20+,21-,22+,23-,24-,28+,29-/m1/s1. The van der Waals surface area contributed by atoms with Gasteiger partial charge in [0.2, 0.25) is 0 Å². The highest BCUT2D eigenvalue weighted by molar-refractivity contribution is 5.76. The third-order valence-corrected chi connectivity index (χ3v) is 11.3. The maximum Gasteiger partial charge on any atom is 0.306 e. The minimum absolute atomic E-state index is 0.0298. The van der Waals surface area contributed by atoms with Crippen LogP contribution < -0.4 is 0 Å². The Morgan fingerprint density at radius 2 is 1.60 bits per heavy atom. The van der Waals surface area contributed by atoms with Gasteiger partial charge in [-0.05, 0) is 111 Å². The minimum Gasteiger partial charge on any atom is -0.481 e. The highest BCUT2D eigenvalue weighted by Gasteiger charge is 2.60. The molecule has 6 nitrogen and oxygen atoms in total. The van der Waals surface area contributed by atoms with E-state index in [9.17, 15) is 14.4 Å². The summed E-state index contributed by atoms with van der Waals surface area (Å²) in [6.45, 7) is 7.43. The number of esters is 2. The molecule has 4 aliphatic rings. The first-order chi connectivity index (χ1) is 16.6. The fourth-order valence-corrected chi connectivity index (χ4v) is 9.40. The molecule has 0 spiro atoms. The number of hydrogen-bond acceptors (Lipinski definition) is 5. The molecule has 0 aromatic heterocycles. The molecule has 4 rings (SSSR count). The number of ether oxygens (including phenoxy) is 2. The largest absolute Gasteiger partial charge is 0.481 e. The highest BCUT2D eigenvalue weighted by atomic mass is 16.5. The van der Waals surface area contributed by atoms with Crippen molar-refractivity contribution < 1.29 is 29.0 Å². The summed E-state index contributed by atoms with van der Waals surface area (Å²) in [5.74, 6) is 2.79. The molecule has 0 heterocycles. The summed E-state index contributed by atoms with van der Waals surface area (Å²) in [4.78, 5) is 34.6. The first-order valence-electron chi connectivity index (χ1n) is 14.1. The number of aliphatic carboxylic acids is 1. The molecule has 1 N–H and O–H groups in total. The Kier molecular flexibility index (Phi) is 7.88. The van der Waals surface area contributed by atoms with Gasteiger partial charge in [-0.1, -0.05) is 20.8 Å². The van der Waals surface area contributed by atoms with Crippen LogP contribution in [0.1, 0.15) is 104 Å². The lowest BCUT2D eigenvalue weighted by atomic mass is 9.44. The molecule has 0 unspecified atom stereocenters. The number of hydrogen-bond donors (Lipinski definition) is 1. The monoisotopic (exact) mass is 490 g/mol. The number of methoxy groups -OCH3 is 1. The van der Waals surface area contributed by atoms with Crippen LogP contribution in [0.25, 0.3) is 0 Å². The quantitative estimate of drug-likeness (QED) is 0.419. The van der Waals surface area contributed by atoms with Crippen molar-refractivity contribution >= 4 is 17.9 Å². The fraction of sp³-hybridized carbons (Fsp3) is 0.897. The summed E-state index contributed by atoms with van der Waals surface area (Å²) in [5, 5.41) is 8.83. The Hall–Kier alpha value is -1.59. The lowest BCUT2D eigenvalue weighted by Crippen LogP contribution is -2.54. The van der Waals surface area contributed by atoms with Crippen LogP contribution in [0.3, 0.4) is 0 Å². The van der Waals surface area contributed by atoms with E-state index in [0.29, 0.717) is 35.0 Å². The number of rotatable bonds is 8. The van der Waals surface area contributed by atoms with E-state index in [4.69, 9.17) is 14.6 Å². The van der Waals surface area contributed by atoms with Gasteiger partial charge in [-0.15, -0.1) is 0 Å². The van der Waals surface area contributed by atoms with Crippen molar-refractivity contribution in [2.75, 3.05) is 7.11 Å². The van der Waals surface area contributed by atoms with Gasteiger partial charge >= 0.3 is 17.9 Å². The third kappa shape index (κ3) is 5.13. The molecule has 0 aromatic rings. The van der Waals surface area contributed by atoms with E-state index >= 15 is 0 Å². The smallest absolute Gasteiger partial charge is 0.306 e. The molecule has 0 aliphatic heterocycles. The van der Waals surface area contributed by atoms with E-state index in [0.717, 1.165) is 43.4 Å². The molecular weight excluding hydrogens is 444 g/mol. The molecule has 6 heteroatoms. The second kappa shape index (κ2) is 10.4. The molecule has 0 radical (unpaired) electrons. The molecule has 4 aliphatic carbocycles. The molecule has 4 fully saturated rings. The summed E-state index contributed by atoms with van der Waals surface area (Å²) in [6.07, 6.45) is 11.9. The molecule has 9 atom stereocenters. The van der Waals surface area contributed by atoms with Crippen molar-refractivity contribution in [3.8, 4) is 0 Å². The lowest BCUT2D eigenvalue weighted by molar-refractivity contribution is -0.164. The van der Waals surface area contributed by atoms with Crippen molar-refractivity contribution in [2.24, 2.45) is 46.3 Å². The predicted molar refractivity (Wildman–Crippen MR) is 132 cm³/mol. The van der Waals surface area contributed by atoms with Crippen molar-refractivity contribution in [3.63, 3.8) is 0 Å². The topological polar surface area (TPSA) is 89.9 Å². The zero-order chi connectivity index (χ0) is 25.4. The van der Waals surface area contributed by atoms with Crippen LogP contribution in [-0.2, 0) is 23.9 Å². The molecule has 0 saturated heterocycles. The number of fused-ring (bicyclic) bond motifs is 5. The van der Waals surface area contributed by atoms with Crippen LogP contribution in [0.4, 0.5) is 0 Å². The first kappa shape index (κ1) is 26.5. The second-order valence-electron chi connectivity index (χ2n) is 12.8. The number of carbonyl (C=O) groups is 3. The van der Waals surface area contributed by atoms with Gasteiger partial charge in [0.25, 0.3) is 0 Å². The lowest BCUT2D eigenvalue weighted by Gasteiger charge is -2.61. The van der Waals surface area contributed by atoms with Crippen molar-refractivity contribution in [2.45, 2.75) is 110 Å². The van der Waals surface area contributed by atoms with E-state index in [-0.39, 0.29) is 30.9 Å². The Labute approximate surface area is 210 Å². The SMILES string of the molecule is COC(=O)CC[C@@H](C)[C@@H]1CC[C@@H]2[C@H]3CC[C@H]4C[C@@H](OC(=O)CCC(=O)O)CC[C@]4(C)[C@@H]3CC[C@@]21C. The van der Waals surface area contributed by atoms with Gasteiger partial charge in [-0.3, -0.25) is 14.4 Å². The van der Waals surface area contributed by atoms with E-state index in [1.807, 2.05) is 0 Å². The van der Waals surface area contributed by atoms with Crippen LogP contribution in [-0.4, -0.2) is 36.2 Å². The summed E-state index contributed by atoms with van der Waals surface area (Å²) in [6, 6.07) is 0. The molecule has 35 heavy (non-hydrogen) atoms. The molecular formula is C29H46O6. The Morgan fingerprint density at radius 1 is 0.886 bits per heavy atom. The van der Waals surface area contributed by atoms with Crippen LogP contribution in [0, 0.1) is 46.3 Å². The summed E-state index contributed by atoms with van der Waals surface area (Å²) in [5.41, 5.74) is 0.708. The van der Waals surface area contributed by atoms with Gasteiger partial charge < -0.3 is 14.6 Å². The molecule has 4 saturated carbocycles. The van der Waals surface area contributed by atoms with Gasteiger partial charge in [-0.25, -0.2) is 0 Å². The van der Waals surface area contributed by atoms with Crippen LogP contribution in [0.5, 0.6) is 0 Å². The normalized spacial score (nSPS) is 41.1. The van der Waals surface area contributed by atoms with Crippen LogP contribution in [0.15, 0.2) is 0 Å². The van der Waals surface area contributed by atoms with Crippen molar-refractivity contribution in [1.82, 2.24) is 0 Å². The molecule has 198 valence electrons. The number of carboxylic acid groups (broad SMARTS) is 1. The highest BCUT2D eigenvalue weighted by Crippen LogP contribution is 2.68. The third-order valence-electron chi connectivity index (χ3n) is 11.3. The molecule has 0 aromatic carbocycles. The van der Waals surface area contributed by atoms with E-state index < -0.39 is 5.97 Å². The molecule has 0 bridgehead atoms. The summed E-state index contributed by atoms with van der Waals surface area (Å²) >= 11 is 0. The number of carbonyl (C=O) groups excluding carboxylic acids is 2. The number of carboxylic acids is 1. The first-order valence-corrected chi connectivity index (χ1v) is 14.1. The Balaban J connectivity index is 1.38. The Morgan fingerprint density at radius 3 is 2.31 bits per heavy atom. The summed E-state index contributed by atoms with van der Waals surface area (Å²) in [7, 11) is 1.48. The van der Waals surface area contributed by atoms with E-state index in [1.165, 1.54) is 45.6 Å². The van der Waals surface area contributed by atoms with Crippen molar-refractivity contribution in [3.05, 3.63) is 0 Å². The second-order valence-corrected chi connectivity index (χ2v) is 12.8. The van der Waals surface area contributed by atoms with Gasteiger partial charge in [0, 0.05) is 6.42 Å². The summed E-state index contributed by atoms with van der Waals surface area (Å²) < 4.78 is 10.6. The van der Waals surface area contributed by atoms with Crippen LogP contribution >= 0.6 is 0 Å². The Bertz CT molecular complexity index is 809. The van der Waals surface area contributed by atoms with Gasteiger partial charge in [0.15, 0.2) is 0 Å². The average molecular weight is 491 g/mol. The van der Waals surface area contributed by atoms with Gasteiger partial charge in [0.05, 0.1) is 20.0 Å². The van der Waals surface area contributed by atoms with E-state index in [1.54, 1.807) is 0 Å². The predicted octanol–water partition coefficient (Wildman–Crippen LogP) is 6.01. The fourth-order valence-electron chi connectivity index (χ4n) is 9.40. The average Bonchev–Trinajstić information content (AvgIpc) is 3.18. The maximum atomic E-state index is 12.1. The van der Waals surface area contributed by atoms with Gasteiger partial charge in [0.1, 0.15) is 6.10 Å². The van der Waals surface area contributed by atoms with E-state index in [2.05, 4.69) is 20.8 Å². The zero-order valence-corrected chi connectivity index (χ0v) is 22.2. The maximum absolute atomic E-state index is 12.1. The zero-order valence-electron chi connectivity index (χ0n) is 22.2. The van der Waals surface area contributed by atoms with Crippen molar-refractivity contribution in [1.29, 1.82) is 0 Å². The van der Waals surface area contributed by atoms with Crippen LogP contribution in [0.2, 0.25) is 0 Å². The minimum atomic E-state index is -0.951. The van der Waals surface area contributed by atoms with Gasteiger partial charge in [-0.2, -0.15) is 0 Å².